The van der Waals surface area contributed by atoms with Crippen molar-refractivity contribution in [2.75, 3.05) is 13.2 Å². The lowest BCUT2D eigenvalue weighted by Crippen LogP contribution is -2.44. The quantitative estimate of drug-likeness (QED) is 0.695. The molecule has 0 bridgehead atoms. The Kier molecular flexibility index (Phi) is 3.30. The number of terminal acetylenes is 1. The Morgan fingerprint density at radius 1 is 1.33 bits per heavy atom. The third-order valence-electron chi connectivity index (χ3n) is 3.30. The topological polar surface area (TPSA) is 30.5 Å². The van der Waals surface area contributed by atoms with Gasteiger partial charge in [-0.15, -0.1) is 6.42 Å². The van der Waals surface area contributed by atoms with Gasteiger partial charge in [0.15, 0.2) is 5.79 Å². The molecular formula is C12H19NO2. The fourth-order valence-electron chi connectivity index (χ4n) is 2.41. The highest BCUT2D eigenvalue weighted by Gasteiger charge is 2.40. The molecule has 1 saturated carbocycles. The molecule has 84 valence electrons. The summed E-state index contributed by atoms with van der Waals surface area (Å²) >= 11 is 0. The molecule has 0 aromatic carbocycles. The Morgan fingerprint density at radius 2 is 1.93 bits per heavy atom. The van der Waals surface area contributed by atoms with E-state index in [1.54, 1.807) is 0 Å². The van der Waals surface area contributed by atoms with Gasteiger partial charge in [0.1, 0.15) is 0 Å². The van der Waals surface area contributed by atoms with Crippen LogP contribution in [0.25, 0.3) is 0 Å². The van der Waals surface area contributed by atoms with Crippen LogP contribution in [0.2, 0.25) is 0 Å². The molecule has 1 saturated heterocycles. The predicted molar refractivity (Wildman–Crippen MR) is 58.3 cm³/mol. The zero-order valence-corrected chi connectivity index (χ0v) is 9.29. The largest absolute Gasteiger partial charge is 0.348 e. The zero-order chi connectivity index (χ0) is 10.7. The second-order valence-electron chi connectivity index (χ2n) is 4.44. The predicted octanol–water partition coefficient (Wildman–Crippen LogP) is 1.28. The Balaban J connectivity index is 1.79. The molecule has 0 radical (unpaired) electrons. The van der Waals surface area contributed by atoms with Gasteiger partial charge in [0, 0.05) is 18.9 Å². The van der Waals surface area contributed by atoms with Crippen LogP contribution < -0.4 is 5.32 Å². The van der Waals surface area contributed by atoms with Gasteiger partial charge in [0.05, 0.1) is 19.3 Å². The molecule has 1 aliphatic carbocycles. The molecule has 1 spiro atoms. The molecule has 1 unspecified atom stereocenters. The normalized spacial score (nSPS) is 27.7. The monoisotopic (exact) mass is 209 g/mol. The van der Waals surface area contributed by atoms with Crippen molar-refractivity contribution < 1.29 is 9.47 Å². The van der Waals surface area contributed by atoms with Crippen molar-refractivity contribution in [2.24, 2.45) is 0 Å². The lowest BCUT2D eigenvalue weighted by molar-refractivity contribution is -0.179. The third-order valence-corrected chi connectivity index (χ3v) is 3.30. The second kappa shape index (κ2) is 4.52. The first-order chi connectivity index (χ1) is 7.24. The van der Waals surface area contributed by atoms with Gasteiger partial charge >= 0.3 is 0 Å². The number of ether oxygens (including phenoxy) is 2. The van der Waals surface area contributed by atoms with Crippen LogP contribution in [-0.4, -0.2) is 31.1 Å². The van der Waals surface area contributed by atoms with Gasteiger partial charge in [-0.3, -0.25) is 0 Å². The van der Waals surface area contributed by atoms with Crippen LogP contribution in [0.1, 0.15) is 32.6 Å². The minimum Gasteiger partial charge on any atom is -0.348 e. The Bertz CT molecular complexity index is 243. The second-order valence-corrected chi connectivity index (χ2v) is 4.44. The lowest BCUT2D eigenvalue weighted by atomic mass is 9.89. The van der Waals surface area contributed by atoms with E-state index in [9.17, 15) is 0 Å². The number of hydrogen-bond donors (Lipinski definition) is 1. The van der Waals surface area contributed by atoms with Crippen molar-refractivity contribution in [2.45, 2.75) is 50.5 Å². The van der Waals surface area contributed by atoms with Gasteiger partial charge < -0.3 is 14.8 Å². The molecule has 2 fully saturated rings. The molecule has 1 aliphatic heterocycles. The highest BCUT2D eigenvalue weighted by atomic mass is 16.7. The summed E-state index contributed by atoms with van der Waals surface area (Å²) in [7, 11) is 0. The molecule has 3 heteroatoms. The van der Waals surface area contributed by atoms with Gasteiger partial charge in [-0.25, -0.2) is 0 Å². The maximum absolute atomic E-state index is 5.67. The number of nitrogens with one attached hydrogen (secondary N) is 1. The van der Waals surface area contributed by atoms with Crippen LogP contribution in [0.4, 0.5) is 0 Å². The Hall–Kier alpha value is -0.560. The van der Waals surface area contributed by atoms with Crippen molar-refractivity contribution in [3.8, 4) is 12.3 Å². The van der Waals surface area contributed by atoms with Crippen LogP contribution >= 0.6 is 0 Å². The maximum Gasteiger partial charge on any atom is 0.168 e. The summed E-state index contributed by atoms with van der Waals surface area (Å²) in [6.45, 7) is 3.52. The summed E-state index contributed by atoms with van der Waals surface area (Å²) in [4.78, 5) is 0. The van der Waals surface area contributed by atoms with Crippen LogP contribution in [0, 0.1) is 12.3 Å². The standard InChI is InChI=1S/C12H19NO2/c1-3-10(2)13-11-4-6-12(7-5-11)14-8-9-15-12/h1,10-11,13H,4-9H2,2H3. The Labute approximate surface area is 91.5 Å². The molecule has 0 amide bonds. The van der Waals surface area contributed by atoms with Gasteiger partial charge in [-0.05, 0) is 19.8 Å². The highest BCUT2D eigenvalue weighted by Crippen LogP contribution is 2.35. The average molecular weight is 209 g/mol. The van der Waals surface area contributed by atoms with E-state index in [2.05, 4.69) is 11.2 Å². The highest BCUT2D eigenvalue weighted by molar-refractivity contribution is 4.98. The lowest BCUT2D eigenvalue weighted by Gasteiger charge is -2.36. The maximum atomic E-state index is 5.67. The van der Waals surface area contributed by atoms with E-state index < -0.39 is 0 Å². The summed E-state index contributed by atoms with van der Waals surface area (Å²) in [5.41, 5.74) is 0. The summed E-state index contributed by atoms with van der Waals surface area (Å²) < 4.78 is 11.3. The first-order valence-electron chi connectivity index (χ1n) is 5.74. The fraction of sp³-hybridized carbons (Fsp3) is 0.833. The van der Waals surface area contributed by atoms with Gasteiger partial charge in [0.2, 0.25) is 0 Å². The van der Waals surface area contributed by atoms with E-state index in [1.165, 1.54) is 0 Å². The summed E-state index contributed by atoms with van der Waals surface area (Å²) in [6.07, 6.45) is 9.50. The average Bonchev–Trinajstić information content (AvgIpc) is 2.70. The van der Waals surface area contributed by atoms with Crippen LogP contribution in [0.5, 0.6) is 0 Å². The number of hydrogen-bond acceptors (Lipinski definition) is 3. The van der Waals surface area contributed by atoms with E-state index in [1.807, 2.05) is 6.92 Å². The van der Waals surface area contributed by atoms with E-state index in [0.29, 0.717) is 6.04 Å². The van der Waals surface area contributed by atoms with Gasteiger partial charge in [-0.1, -0.05) is 5.92 Å². The molecule has 1 atom stereocenters. The molecule has 0 aromatic heterocycles. The van der Waals surface area contributed by atoms with Gasteiger partial charge in [-0.2, -0.15) is 0 Å². The number of rotatable bonds is 2. The van der Waals surface area contributed by atoms with E-state index in [4.69, 9.17) is 15.9 Å². The van der Waals surface area contributed by atoms with Crippen molar-refractivity contribution in [1.82, 2.24) is 5.32 Å². The van der Waals surface area contributed by atoms with Crippen LogP contribution in [0.3, 0.4) is 0 Å². The molecule has 15 heavy (non-hydrogen) atoms. The molecule has 2 aliphatic rings. The van der Waals surface area contributed by atoms with Gasteiger partial charge in [0.25, 0.3) is 0 Å². The van der Waals surface area contributed by atoms with E-state index in [-0.39, 0.29) is 11.8 Å². The van der Waals surface area contributed by atoms with Crippen molar-refractivity contribution in [3.63, 3.8) is 0 Å². The fourth-order valence-corrected chi connectivity index (χ4v) is 2.41. The summed E-state index contributed by atoms with van der Waals surface area (Å²) in [5.74, 6) is 2.45. The smallest absolute Gasteiger partial charge is 0.168 e. The van der Waals surface area contributed by atoms with Crippen LogP contribution in [-0.2, 0) is 9.47 Å². The summed E-state index contributed by atoms with van der Waals surface area (Å²) in [6, 6.07) is 0.684. The molecule has 3 nitrogen and oxygen atoms in total. The van der Waals surface area contributed by atoms with Crippen LogP contribution in [0.15, 0.2) is 0 Å². The van der Waals surface area contributed by atoms with Crippen molar-refractivity contribution in [1.29, 1.82) is 0 Å². The molecule has 1 N–H and O–H groups in total. The SMILES string of the molecule is C#CC(C)NC1CCC2(CC1)OCCO2. The molecular weight excluding hydrogens is 190 g/mol. The van der Waals surface area contributed by atoms with Crippen molar-refractivity contribution >= 4 is 0 Å². The zero-order valence-electron chi connectivity index (χ0n) is 9.29. The first kappa shape index (κ1) is 10.9. The molecule has 1 heterocycles. The minimum atomic E-state index is -0.252. The Morgan fingerprint density at radius 3 is 2.47 bits per heavy atom. The minimum absolute atomic E-state index is 0.162. The molecule has 0 aromatic rings. The first-order valence-corrected chi connectivity index (χ1v) is 5.74. The third kappa shape index (κ3) is 2.52. The summed E-state index contributed by atoms with van der Waals surface area (Å²) in [5, 5.41) is 3.43. The van der Waals surface area contributed by atoms with Crippen molar-refractivity contribution in [3.05, 3.63) is 0 Å². The van der Waals surface area contributed by atoms with E-state index in [0.717, 1.165) is 38.9 Å². The molecule has 2 rings (SSSR count). The van der Waals surface area contributed by atoms with E-state index >= 15 is 0 Å².